The van der Waals surface area contributed by atoms with Crippen LogP contribution in [0.4, 0.5) is 0 Å². The number of unbranched alkanes of at least 4 members (excludes halogenated alkanes) is 2. The summed E-state index contributed by atoms with van der Waals surface area (Å²) in [6.07, 6.45) is 3.20. The van der Waals surface area contributed by atoms with Crippen LogP contribution in [0.5, 0.6) is 0 Å². The number of esters is 1. The van der Waals surface area contributed by atoms with E-state index in [0.29, 0.717) is 19.3 Å². The van der Waals surface area contributed by atoms with Crippen LogP contribution in [-0.4, -0.2) is 28.1 Å². The maximum Gasteiger partial charge on any atom is 0.307 e. The van der Waals surface area contributed by atoms with Gasteiger partial charge in [0.2, 0.25) is 0 Å². The van der Waals surface area contributed by atoms with E-state index in [1.165, 1.54) is 6.92 Å². The molecular weight excluding hydrogens is 228 g/mol. The van der Waals surface area contributed by atoms with Crippen LogP contribution in [0, 0.1) is 0 Å². The minimum Gasteiger partial charge on any atom is -0.481 e. The Hall–Kier alpha value is -1.85. The standard InChI is InChI=1S/C7H12O4.C4H6O2/c8-6(9)4-2-1-3-5-7(10)11;1-3-6-4(2)5/h1-5H2,(H,8,9)(H,10,11);3H,1H2,2H3. The normalized spacial score (nSPS) is 8.53. The van der Waals surface area contributed by atoms with E-state index in [2.05, 4.69) is 11.3 Å². The molecule has 17 heavy (non-hydrogen) atoms. The number of carbonyl (C=O) groups excluding carboxylic acids is 1. The third-order valence-electron chi connectivity index (χ3n) is 1.53. The van der Waals surface area contributed by atoms with Crippen LogP contribution in [0.3, 0.4) is 0 Å². The summed E-state index contributed by atoms with van der Waals surface area (Å²) in [6.45, 7) is 4.48. The van der Waals surface area contributed by atoms with Gasteiger partial charge in [-0.1, -0.05) is 13.0 Å². The number of aliphatic carboxylic acids is 2. The molecule has 0 aromatic heterocycles. The van der Waals surface area contributed by atoms with Gasteiger partial charge in [0.1, 0.15) is 0 Å². The number of ether oxygens (including phenoxy) is 1. The zero-order chi connectivity index (χ0) is 13.7. The molecule has 0 aromatic rings. The molecule has 0 unspecified atom stereocenters. The molecule has 98 valence electrons. The highest BCUT2D eigenvalue weighted by atomic mass is 16.5. The first-order chi connectivity index (χ1) is 7.90. The summed E-state index contributed by atoms with van der Waals surface area (Å²) in [7, 11) is 0. The number of carbonyl (C=O) groups is 3. The first-order valence-corrected chi connectivity index (χ1v) is 5.11. The third kappa shape index (κ3) is 24.9. The minimum absolute atomic E-state index is 0.139. The molecule has 0 aromatic carbocycles. The fraction of sp³-hybridized carbons (Fsp3) is 0.545. The second kappa shape index (κ2) is 12.2. The van der Waals surface area contributed by atoms with Crippen LogP contribution in [-0.2, 0) is 19.1 Å². The highest BCUT2D eigenvalue weighted by Crippen LogP contribution is 2.02. The molecule has 0 saturated heterocycles. The van der Waals surface area contributed by atoms with Gasteiger partial charge in [-0.25, -0.2) is 0 Å². The molecule has 0 heterocycles. The molecule has 6 heteroatoms. The predicted octanol–water partition coefficient (Wildman–Crippen LogP) is 1.80. The number of hydrogen-bond acceptors (Lipinski definition) is 4. The second-order valence-electron chi connectivity index (χ2n) is 3.12. The van der Waals surface area contributed by atoms with Crippen molar-refractivity contribution in [2.45, 2.75) is 39.0 Å². The Morgan fingerprint density at radius 2 is 1.47 bits per heavy atom. The molecule has 0 atom stereocenters. The van der Waals surface area contributed by atoms with Crippen molar-refractivity contribution in [2.75, 3.05) is 0 Å². The van der Waals surface area contributed by atoms with Gasteiger partial charge >= 0.3 is 17.9 Å². The van der Waals surface area contributed by atoms with Crippen molar-refractivity contribution >= 4 is 17.9 Å². The lowest BCUT2D eigenvalue weighted by atomic mass is 10.1. The Bertz CT molecular complexity index is 243. The Balaban J connectivity index is 0. The van der Waals surface area contributed by atoms with Gasteiger partial charge in [-0.3, -0.25) is 14.4 Å². The van der Waals surface area contributed by atoms with Crippen molar-refractivity contribution in [2.24, 2.45) is 0 Å². The quantitative estimate of drug-likeness (QED) is 0.403. The Morgan fingerprint density at radius 3 is 1.65 bits per heavy atom. The fourth-order valence-electron chi connectivity index (χ4n) is 0.847. The van der Waals surface area contributed by atoms with E-state index >= 15 is 0 Å². The summed E-state index contributed by atoms with van der Waals surface area (Å²) >= 11 is 0. The minimum atomic E-state index is -0.819. The number of rotatable bonds is 7. The highest BCUT2D eigenvalue weighted by molar-refractivity contribution is 5.67. The lowest BCUT2D eigenvalue weighted by Crippen LogP contribution is -1.96. The summed E-state index contributed by atoms with van der Waals surface area (Å²) < 4.78 is 4.17. The Morgan fingerprint density at radius 1 is 1.06 bits per heavy atom. The smallest absolute Gasteiger partial charge is 0.307 e. The van der Waals surface area contributed by atoms with Gasteiger partial charge in [-0.05, 0) is 12.8 Å². The zero-order valence-electron chi connectivity index (χ0n) is 9.85. The molecule has 0 spiro atoms. The average molecular weight is 246 g/mol. The zero-order valence-corrected chi connectivity index (χ0v) is 9.85. The van der Waals surface area contributed by atoms with Gasteiger partial charge in [0.15, 0.2) is 0 Å². The summed E-state index contributed by atoms with van der Waals surface area (Å²) in [5.74, 6) is -1.97. The van der Waals surface area contributed by atoms with Gasteiger partial charge in [-0.15, -0.1) is 0 Å². The van der Waals surface area contributed by atoms with Crippen LogP contribution < -0.4 is 0 Å². The fourth-order valence-corrected chi connectivity index (χ4v) is 0.847. The van der Waals surface area contributed by atoms with Crippen molar-refractivity contribution in [3.05, 3.63) is 12.8 Å². The summed E-state index contributed by atoms with van der Waals surface area (Å²) in [5, 5.41) is 16.4. The van der Waals surface area contributed by atoms with Crippen molar-refractivity contribution in [3.8, 4) is 0 Å². The van der Waals surface area contributed by atoms with E-state index in [1.54, 1.807) is 0 Å². The Kier molecular flexibility index (Phi) is 12.6. The van der Waals surface area contributed by atoms with E-state index in [4.69, 9.17) is 10.2 Å². The van der Waals surface area contributed by atoms with Gasteiger partial charge in [0, 0.05) is 19.8 Å². The number of hydrogen-bond donors (Lipinski definition) is 2. The molecule has 0 amide bonds. The van der Waals surface area contributed by atoms with E-state index in [-0.39, 0.29) is 18.8 Å². The monoisotopic (exact) mass is 246 g/mol. The van der Waals surface area contributed by atoms with E-state index < -0.39 is 11.9 Å². The lowest BCUT2D eigenvalue weighted by molar-refractivity contribution is -0.137. The van der Waals surface area contributed by atoms with Crippen molar-refractivity contribution in [1.29, 1.82) is 0 Å². The maximum atomic E-state index is 9.98. The molecule has 0 aliphatic rings. The van der Waals surface area contributed by atoms with Crippen molar-refractivity contribution < 1.29 is 29.3 Å². The van der Waals surface area contributed by atoms with Crippen molar-refractivity contribution in [3.63, 3.8) is 0 Å². The predicted molar refractivity (Wildman–Crippen MR) is 60.3 cm³/mol. The topological polar surface area (TPSA) is 101 Å². The first kappa shape index (κ1) is 17.5. The molecule has 2 N–H and O–H groups in total. The van der Waals surface area contributed by atoms with Gasteiger partial charge < -0.3 is 14.9 Å². The first-order valence-electron chi connectivity index (χ1n) is 5.11. The molecule has 0 bridgehead atoms. The second-order valence-corrected chi connectivity index (χ2v) is 3.12. The SMILES string of the molecule is C=COC(C)=O.O=C(O)CCCCCC(=O)O. The van der Waals surface area contributed by atoms with Crippen LogP contribution in [0.1, 0.15) is 39.0 Å². The van der Waals surface area contributed by atoms with Crippen LogP contribution in [0.15, 0.2) is 12.8 Å². The van der Waals surface area contributed by atoms with E-state index in [0.717, 1.165) is 6.26 Å². The highest BCUT2D eigenvalue weighted by Gasteiger charge is 1.98. The Labute approximate surface area is 99.9 Å². The molecule has 0 rings (SSSR count). The molecule has 0 aliphatic heterocycles. The maximum absolute atomic E-state index is 9.98. The molecule has 6 nitrogen and oxygen atoms in total. The van der Waals surface area contributed by atoms with E-state index in [1.807, 2.05) is 0 Å². The van der Waals surface area contributed by atoms with E-state index in [9.17, 15) is 14.4 Å². The molecule has 0 radical (unpaired) electrons. The van der Waals surface area contributed by atoms with Crippen LogP contribution in [0.25, 0.3) is 0 Å². The van der Waals surface area contributed by atoms with Crippen LogP contribution >= 0.6 is 0 Å². The lowest BCUT2D eigenvalue weighted by Gasteiger charge is -1.94. The largest absolute Gasteiger partial charge is 0.481 e. The molecule has 0 fully saturated rings. The van der Waals surface area contributed by atoms with Gasteiger partial charge in [-0.2, -0.15) is 0 Å². The van der Waals surface area contributed by atoms with Gasteiger partial charge in [0.05, 0.1) is 6.26 Å². The summed E-state index contributed by atoms with van der Waals surface area (Å²) in [6, 6.07) is 0. The molecule has 0 saturated carbocycles. The number of carboxylic acids is 2. The number of carboxylic acid groups (broad SMARTS) is 2. The average Bonchev–Trinajstić information content (AvgIpc) is 2.16. The van der Waals surface area contributed by atoms with Crippen LogP contribution in [0.2, 0.25) is 0 Å². The molecular formula is C11H18O6. The van der Waals surface area contributed by atoms with Gasteiger partial charge in [0.25, 0.3) is 0 Å². The third-order valence-corrected chi connectivity index (χ3v) is 1.53. The summed E-state index contributed by atoms with van der Waals surface area (Å²) in [5.41, 5.74) is 0. The molecule has 0 aliphatic carbocycles. The summed E-state index contributed by atoms with van der Waals surface area (Å²) in [4.78, 5) is 29.7. The van der Waals surface area contributed by atoms with Crippen molar-refractivity contribution in [1.82, 2.24) is 0 Å².